The van der Waals surface area contributed by atoms with Crippen molar-refractivity contribution < 1.29 is 5.11 Å². The van der Waals surface area contributed by atoms with Crippen molar-refractivity contribution in [3.05, 3.63) is 0 Å². The maximum absolute atomic E-state index is 9.80. The maximum Gasteiger partial charge on any atom is 0.0639 e. The third kappa shape index (κ3) is 10.8. The Bertz CT molecular complexity index is 288. The lowest BCUT2D eigenvalue weighted by atomic mass is 10.2. The summed E-state index contributed by atoms with van der Waals surface area (Å²) in [4.78, 5) is 10.00. The van der Waals surface area contributed by atoms with E-state index in [0.717, 1.165) is 52.2 Å². The van der Waals surface area contributed by atoms with E-state index in [4.69, 9.17) is 0 Å². The molecule has 0 radical (unpaired) electrons. The van der Waals surface area contributed by atoms with E-state index in [9.17, 15) is 5.11 Å². The lowest BCUT2D eigenvalue weighted by Gasteiger charge is -2.38. The van der Waals surface area contributed by atoms with Gasteiger partial charge in [0.15, 0.2) is 0 Å². The first-order valence-corrected chi connectivity index (χ1v) is 11.0. The number of likely N-dealkylation sites (N-methyl/N-ethyl adjacent to an activating group) is 1. The maximum atomic E-state index is 9.80. The Balaban J connectivity index is 4.77. The van der Waals surface area contributed by atoms with Crippen LogP contribution < -0.4 is 0 Å². The van der Waals surface area contributed by atoms with Crippen molar-refractivity contribution in [1.82, 2.24) is 19.6 Å². The summed E-state index contributed by atoms with van der Waals surface area (Å²) in [5.41, 5.74) is 0. The lowest BCUT2D eigenvalue weighted by Crippen LogP contribution is -2.49. The van der Waals surface area contributed by atoms with Gasteiger partial charge in [0, 0.05) is 19.6 Å². The van der Waals surface area contributed by atoms with E-state index in [-0.39, 0.29) is 6.10 Å². The Morgan fingerprint density at radius 3 is 1.46 bits per heavy atom. The van der Waals surface area contributed by atoms with Crippen LogP contribution in [-0.2, 0) is 0 Å². The number of aliphatic hydroxyl groups excluding tert-OH is 1. The first kappa shape index (κ1) is 25.8. The highest BCUT2D eigenvalue weighted by Crippen LogP contribution is 2.12. The van der Waals surface area contributed by atoms with Gasteiger partial charge >= 0.3 is 0 Å². The van der Waals surface area contributed by atoms with Crippen LogP contribution in [0, 0.1) is 0 Å². The SMILES string of the molecule is CCC(N(C)CC(C)O)N(CCCN(CC)CC)CCCN(CC)CC. The molecule has 0 aliphatic heterocycles. The molecule has 0 saturated carbocycles. The molecule has 26 heavy (non-hydrogen) atoms. The fraction of sp³-hybridized carbons (Fsp3) is 1.00. The van der Waals surface area contributed by atoms with Crippen LogP contribution in [0.25, 0.3) is 0 Å². The third-order valence-corrected chi connectivity index (χ3v) is 5.48. The number of rotatable bonds is 17. The van der Waals surface area contributed by atoms with E-state index in [1.54, 1.807) is 0 Å². The largest absolute Gasteiger partial charge is 0.392 e. The average molecular weight is 373 g/mol. The number of nitrogens with zero attached hydrogens (tertiary/aromatic N) is 4. The smallest absolute Gasteiger partial charge is 0.0639 e. The lowest BCUT2D eigenvalue weighted by molar-refractivity contribution is 0.0240. The molecule has 5 nitrogen and oxygen atoms in total. The third-order valence-electron chi connectivity index (χ3n) is 5.48. The minimum atomic E-state index is -0.276. The van der Waals surface area contributed by atoms with Crippen LogP contribution in [0.3, 0.4) is 0 Å². The van der Waals surface area contributed by atoms with Crippen LogP contribution in [0.1, 0.15) is 60.8 Å². The van der Waals surface area contributed by atoms with Gasteiger partial charge in [-0.2, -0.15) is 0 Å². The van der Waals surface area contributed by atoms with Crippen LogP contribution in [-0.4, -0.2) is 103 Å². The van der Waals surface area contributed by atoms with E-state index in [2.05, 4.69) is 61.3 Å². The monoisotopic (exact) mass is 372 g/mol. The Labute approximate surface area is 164 Å². The van der Waals surface area contributed by atoms with Gasteiger partial charge in [0.25, 0.3) is 0 Å². The normalized spacial score (nSPS) is 14.8. The summed E-state index contributed by atoms with van der Waals surface area (Å²) in [7, 11) is 2.16. The molecule has 0 aliphatic rings. The number of hydrogen-bond donors (Lipinski definition) is 1. The van der Waals surface area contributed by atoms with Crippen molar-refractivity contribution in [1.29, 1.82) is 0 Å². The van der Waals surface area contributed by atoms with E-state index in [0.29, 0.717) is 6.17 Å². The zero-order valence-electron chi connectivity index (χ0n) is 18.9. The van der Waals surface area contributed by atoms with Crippen molar-refractivity contribution in [3.63, 3.8) is 0 Å². The fourth-order valence-corrected chi connectivity index (χ4v) is 3.87. The molecular weight excluding hydrogens is 324 g/mol. The zero-order chi connectivity index (χ0) is 19.9. The van der Waals surface area contributed by atoms with Crippen LogP contribution >= 0.6 is 0 Å². The Hall–Kier alpha value is -0.200. The molecule has 0 saturated heterocycles. The van der Waals surface area contributed by atoms with Crippen LogP contribution in [0.5, 0.6) is 0 Å². The molecule has 2 atom stereocenters. The molecule has 0 fully saturated rings. The van der Waals surface area contributed by atoms with Crippen LogP contribution in [0.15, 0.2) is 0 Å². The van der Waals surface area contributed by atoms with Gasteiger partial charge in [-0.3, -0.25) is 9.80 Å². The van der Waals surface area contributed by atoms with Gasteiger partial charge in [-0.25, -0.2) is 0 Å². The molecule has 0 aromatic heterocycles. The topological polar surface area (TPSA) is 33.2 Å². The first-order valence-electron chi connectivity index (χ1n) is 11.0. The van der Waals surface area contributed by atoms with Crippen molar-refractivity contribution in [2.45, 2.75) is 73.1 Å². The molecule has 0 aromatic rings. The minimum Gasteiger partial charge on any atom is -0.392 e. The molecule has 0 rings (SSSR count). The van der Waals surface area contributed by atoms with Gasteiger partial charge in [0.1, 0.15) is 0 Å². The molecule has 0 spiro atoms. The van der Waals surface area contributed by atoms with Crippen molar-refractivity contribution in [2.24, 2.45) is 0 Å². The van der Waals surface area contributed by atoms with Gasteiger partial charge in [-0.1, -0.05) is 34.6 Å². The predicted octanol–water partition coefficient (Wildman–Crippen LogP) is 2.80. The highest BCUT2D eigenvalue weighted by atomic mass is 16.3. The van der Waals surface area contributed by atoms with Gasteiger partial charge in [0.05, 0.1) is 12.3 Å². The minimum absolute atomic E-state index is 0.276. The van der Waals surface area contributed by atoms with Crippen LogP contribution in [0.2, 0.25) is 0 Å². The van der Waals surface area contributed by atoms with E-state index in [1.807, 2.05) is 6.92 Å². The molecule has 0 heterocycles. The summed E-state index contributed by atoms with van der Waals surface area (Å²) in [6.45, 7) is 23.0. The van der Waals surface area contributed by atoms with Crippen molar-refractivity contribution in [3.8, 4) is 0 Å². The summed E-state index contributed by atoms with van der Waals surface area (Å²) in [6, 6.07) is 0. The predicted molar refractivity (Wildman–Crippen MR) is 115 cm³/mol. The summed E-state index contributed by atoms with van der Waals surface area (Å²) in [6.07, 6.45) is 3.66. The van der Waals surface area contributed by atoms with Crippen molar-refractivity contribution in [2.75, 3.05) is 66.0 Å². The molecule has 0 bridgehead atoms. The second-order valence-electron chi connectivity index (χ2n) is 7.47. The van der Waals surface area contributed by atoms with E-state index in [1.165, 1.54) is 25.9 Å². The molecule has 2 unspecified atom stereocenters. The van der Waals surface area contributed by atoms with Gasteiger partial charge in [-0.15, -0.1) is 0 Å². The molecule has 5 heteroatoms. The Morgan fingerprint density at radius 1 is 0.731 bits per heavy atom. The average Bonchev–Trinajstić information content (AvgIpc) is 2.61. The highest BCUT2D eigenvalue weighted by molar-refractivity contribution is 4.73. The Morgan fingerprint density at radius 2 is 1.15 bits per heavy atom. The quantitative estimate of drug-likeness (QED) is 0.397. The standard InChI is InChI=1S/C21H48N4O/c1-8-21(22(7)19-20(6)26)25(17-13-15-23(9-2)10-3)18-14-16-24(11-4)12-5/h20-21,26H,8-19H2,1-7H3. The highest BCUT2D eigenvalue weighted by Gasteiger charge is 2.21. The summed E-state index contributed by atoms with van der Waals surface area (Å²) < 4.78 is 0. The first-order chi connectivity index (χ1) is 12.4. The van der Waals surface area contributed by atoms with E-state index >= 15 is 0 Å². The molecule has 0 aliphatic carbocycles. The summed E-state index contributed by atoms with van der Waals surface area (Å²) in [5, 5.41) is 9.80. The summed E-state index contributed by atoms with van der Waals surface area (Å²) in [5.74, 6) is 0. The van der Waals surface area contributed by atoms with Crippen LogP contribution in [0.4, 0.5) is 0 Å². The second kappa shape index (κ2) is 15.8. The Kier molecular flexibility index (Phi) is 15.7. The molecule has 158 valence electrons. The van der Waals surface area contributed by atoms with Crippen molar-refractivity contribution >= 4 is 0 Å². The van der Waals surface area contributed by atoms with Gasteiger partial charge < -0.3 is 14.9 Å². The number of aliphatic hydroxyl groups is 1. The fourth-order valence-electron chi connectivity index (χ4n) is 3.87. The van der Waals surface area contributed by atoms with Gasteiger partial charge in [0.2, 0.25) is 0 Å². The molecule has 0 amide bonds. The zero-order valence-corrected chi connectivity index (χ0v) is 18.9. The van der Waals surface area contributed by atoms with Gasteiger partial charge in [-0.05, 0) is 72.5 Å². The van der Waals surface area contributed by atoms with E-state index < -0.39 is 0 Å². The summed E-state index contributed by atoms with van der Waals surface area (Å²) >= 11 is 0. The molecule has 1 N–H and O–H groups in total. The number of hydrogen-bond acceptors (Lipinski definition) is 5. The molecular formula is C21H48N4O. The molecule has 0 aromatic carbocycles. The second-order valence-corrected chi connectivity index (χ2v) is 7.47.